The smallest absolute Gasteiger partial charge is 0.307 e. The molecule has 0 radical (unpaired) electrons. The molecular weight excluding hydrogens is 508 g/mol. The summed E-state index contributed by atoms with van der Waals surface area (Å²) in [6.45, 7) is 2.05. The molecule has 4 rings (SSSR count). The fourth-order valence-corrected chi connectivity index (χ4v) is 5.47. The van der Waals surface area contributed by atoms with Gasteiger partial charge in [-0.15, -0.1) is 0 Å². The van der Waals surface area contributed by atoms with E-state index < -0.39 is 21.9 Å². The minimum absolute atomic E-state index is 0.00660. The third-order valence-corrected chi connectivity index (χ3v) is 7.38. The van der Waals surface area contributed by atoms with Crippen molar-refractivity contribution in [3.8, 4) is 0 Å². The van der Waals surface area contributed by atoms with Crippen LogP contribution in [0, 0.1) is 0 Å². The Kier molecular flexibility index (Phi) is 7.15. The predicted octanol–water partition coefficient (Wildman–Crippen LogP) is 1.70. The Balaban J connectivity index is 1.76. The van der Waals surface area contributed by atoms with Gasteiger partial charge in [-0.05, 0) is 43.3 Å². The molecule has 0 atom stereocenters. The largest absolute Gasteiger partial charge is 0.466 e. The topological polar surface area (TPSA) is 158 Å². The summed E-state index contributed by atoms with van der Waals surface area (Å²) in [5.74, 6) is -1.75. The van der Waals surface area contributed by atoms with Crippen molar-refractivity contribution in [2.45, 2.75) is 37.6 Å². The normalized spacial score (nSPS) is 14.6. The molecule has 36 heavy (non-hydrogen) atoms. The molecule has 1 saturated heterocycles. The molecule has 0 saturated carbocycles. The number of sulfonamides is 1. The molecule has 0 spiro atoms. The maximum absolute atomic E-state index is 13.1. The average Bonchev–Trinajstić information content (AvgIpc) is 3.35. The molecule has 2 heterocycles. The van der Waals surface area contributed by atoms with Crippen LogP contribution < -0.4 is 14.8 Å². The molecule has 3 amide bonds. The highest BCUT2D eigenvalue weighted by atomic mass is 32.2. The number of aryl methyl sites for hydroxylation is 1. The number of aromatic nitrogens is 1. The number of anilines is 1. The van der Waals surface area contributed by atoms with Crippen LogP contribution in [0.1, 0.15) is 36.5 Å². The van der Waals surface area contributed by atoms with Gasteiger partial charge in [-0.2, -0.15) is 4.99 Å². The van der Waals surface area contributed by atoms with E-state index in [4.69, 9.17) is 9.88 Å². The van der Waals surface area contributed by atoms with Gasteiger partial charge in [0, 0.05) is 24.9 Å². The van der Waals surface area contributed by atoms with E-state index in [0.717, 1.165) is 16.2 Å². The molecule has 1 aliphatic heterocycles. The van der Waals surface area contributed by atoms with Crippen molar-refractivity contribution in [1.82, 2.24) is 4.57 Å². The summed E-state index contributed by atoms with van der Waals surface area (Å²) in [6, 6.07) is 10.3. The SMILES string of the molecule is CCOC(=O)CCn1c(=NC(=O)c2cccc(N3C(=O)CCC3=O)c2)sc2cc(S(N)(=O)=O)ccc21. The number of nitrogens with two attached hydrogens (primary N) is 1. The number of imide groups is 1. The van der Waals surface area contributed by atoms with E-state index in [1.54, 1.807) is 23.6 Å². The standard InChI is InChI=1S/C23H22N4O7S2/c1-2-34-21(30)10-11-26-17-7-6-16(36(24,32)33)13-18(17)35-23(26)25-22(31)14-4-3-5-15(12-14)27-19(28)8-9-20(27)29/h3-7,12-13H,2,8-11H2,1H3,(H2,24,32,33). The van der Waals surface area contributed by atoms with Crippen LogP contribution in [0.15, 0.2) is 52.4 Å². The lowest BCUT2D eigenvalue weighted by Crippen LogP contribution is -2.28. The van der Waals surface area contributed by atoms with Crippen LogP contribution in [0.2, 0.25) is 0 Å². The van der Waals surface area contributed by atoms with Gasteiger partial charge in [-0.1, -0.05) is 17.4 Å². The average molecular weight is 531 g/mol. The number of carbonyl (C=O) groups is 4. The highest BCUT2D eigenvalue weighted by Crippen LogP contribution is 2.24. The monoisotopic (exact) mass is 530 g/mol. The highest BCUT2D eigenvalue weighted by molar-refractivity contribution is 7.89. The van der Waals surface area contributed by atoms with Crippen LogP contribution in [-0.2, 0) is 35.7 Å². The zero-order chi connectivity index (χ0) is 26.0. The van der Waals surface area contributed by atoms with Crippen molar-refractivity contribution in [1.29, 1.82) is 0 Å². The minimum atomic E-state index is -3.95. The number of benzene rings is 2. The number of carbonyl (C=O) groups excluding carboxylic acids is 4. The second-order valence-corrected chi connectivity index (χ2v) is 10.4. The maximum atomic E-state index is 13.1. The number of amides is 3. The van der Waals surface area contributed by atoms with E-state index in [9.17, 15) is 27.6 Å². The fourth-order valence-electron chi connectivity index (χ4n) is 3.76. The molecule has 1 aliphatic rings. The number of esters is 1. The summed E-state index contributed by atoms with van der Waals surface area (Å²) < 4.78 is 30.7. The number of rotatable bonds is 7. The number of primary sulfonamides is 1. The van der Waals surface area contributed by atoms with Gasteiger partial charge in [-0.3, -0.25) is 24.1 Å². The van der Waals surface area contributed by atoms with Gasteiger partial charge < -0.3 is 9.30 Å². The Hall–Kier alpha value is -3.68. The van der Waals surface area contributed by atoms with Gasteiger partial charge in [-0.25, -0.2) is 13.6 Å². The molecule has 188 valence electrons. The third-order valence-electron chi connectivity index (χ3n) is 5.43. The van der Waals surface area contributed by atoms with E-state index in [-0.39, 0.29) is 65.2 Å². The Bertz CT molecular complexity index is 1550. The van der Waals surface area contributed by atoms with Crippen LogP contribution >= 0.6 is 11.3 Å². The van der Waals surface area contributed by atoms with E-state index in [0.29, 0.717) is 10.2 Å². The first-order valence-electron chi connectivity index (χ1n) is 10.9. The Morgan fingerprint density at radius 3 is 2.50 bits per heavy atom. The molecule has 0 aliphatic carbocycles. The van der Waals surface area contributed by atoms with Crippen molar-refractivity contribution in [2.75, 3.05) is 11.5 Å². The van der Waals surface area contributed by atoms with E-state index in [2.05, 4.69) is 4.99 Å². The number of hydrogen-bond acceptors (Lipinski definition) is 8. The lowest BCUT2D eigenvalue weighted by atomic mass is 10.2. The maximum Gasteiger partial charge on any atom is 0.307 e. The van der Waals surface area contributed by atoms with Crippen LogP contribution in [0.4, 0.5) is 5.69 Å². The number of thiazole rings is 1. The van der Waals surface area contributed by atoms with Crippen LogP contribution in [-0.4, -0.2) is 43.3 Å². The Labute approximate surface area is 209 Å². The third kappa shape index (κ3) is 5.27. The lowest BCUT2D eigenvalue weighted by molar-refractivity contribution is -0.143. The van der Waals surface area contributed by atoms with Crippen LogP contribution in [0.3, 0.4) is 0 Å². The van der Waals surface area contributed by atoms with Gasteiger partial charge >= 0.3 is 5.97 Å². The van der Waals surface area contributed by atoms with Gasteiger partial charge in [0.25, 0.3) is 5.91 Å². The molecule has 0 unspecified atom stereocenters. The first kappa shape index (κ1) is 25.4. The molecule has 2 N–H and O–H groups in total. The summed E-state index contributed by atoms with van der Waals surface area (Å²) in [4.78, 5) is 54.6. The number of nitrogens with zero attached hydrogens (tertiary/aromatic N) is 3. The van der Waals surface area contributed by atoms with Crippen LogP contribution in [0.25, 0.3) is 10.2 Å². The first-order chi connectivity index (χ1) is 17.1. The predicted molar refractivity (Wildman–Crippen MR) is 131 cm³/mol. The number of ether oxygens (including phenoxy) is 1. The quantitative estimate of drug-likeness (QED) is 0.360. The molecule has 3 aromatic rings. The van der Waals surface area contributed by atoms with Gasteiger partial charge in [0.2, 0.25) is 21.8 Å². The van der Waals surface area contributed by atoms with Crippen LogP contribution in [0.5, 0.6) is 0 Å². The summed E-state index contributed by atoms with van der Waals surface area (Å²) in [6.07, 6.45) is 0.237. The molecule has 1 aromatic heterocycles. The second-order valence-electron chi connectivity index (χ2n) is 7.86. The summed E-state index contributed by atoms with van der Waals surface area (Å²) in [7, 11) is -3.95. The number of hydrogen-bond donors (Lipinski definition) is 1. The van der Waals surface area contributed by atoms with Crippen molar-refractivity contribution < 1.29 is 32.3 Å². The Morgan fingerprint density at radius 2 is 1.83 bits per heavy atom. The second kappa shape index (κ2) is 10.1. The molecule has 1 fully saturated rings. The molecule has 0 bridgehead atoms. The number of fused-ring (bicyclic) bond motifs is 1. The molecule has 11 nitrogen and oxygen atoms in total. The van der Waals surface area contributed by atoms with Crippen molar-refractivity contribution in [3.05, 3.63) is 52.8 Å². The highest BCUT2D eigenvalue weighted by Gasteiger charge is 2.30. The zero-order valence-electron chi connectivity index (χ0n) is 19.2. The zero-order valence-corrected chi connectivity index (χ0v) is 20.8. The summed E-state index contributed by atoms with van der Waals surface area (Å²) >= 11 is 1.06. The Morgan fingerprint density at radius 1 is 1.11 bits per heavy atom. The molecule has 13 heteroatoms. The fraction of sp³-hybridized carbons (Fsp3) is 0.261. The van der Waals surface area contributed by atoms with Crippen molar-refractivity contribution in [2.24, 2.45) is 10.1 Å². The van der Waals surface area contributed by atoms with Gasteiger partial charge in [0.1, 0.15) is 0 Å². The van der Waals surface area contributed by atoms with Gasteiger partial charge in [0.15, 0.2) is 4.80 Å². The van der Waals surface area contributed by atoms with Crippen molar-refractivity contribution >= 4 is 61.0 Å². The molecular formula is C23H22N4O7S2. The lowest BCUT2D eigenvalue weighted by Gasteiger charge is -2.14. The van der Waals surface area contributed by atoms with E-state index in [1.807, 2.05) is 0 Å². The van der Waals surface area contributed by atoms with Gasteiger partial charge in [0.05, 0.1) is 33.8 Å². The minimum Gasteiger partial charge on any atom is -0.466 e. The van der Waals surface area contributed by atoms with Crippen molar-refractivity contribution in [3.63, 3.8) is 0 Å². The van der Waals surface area contributed by atoms with E-state index >= 15 is 0 Å². The van der Waals surface area contributed by atoms with E-state index in [1.165, 1.54) is 30.3 Å². The summed E-state index contributed by atoms with van der Waals surface area (Å²) in [5.41, 5.74) is 0.998. The molecule has 2 aromatic carbocycles. The first-order valence-corrected chi connectivity index (χ1v) is 13.3. The summed E-state index contributed by atoms with van der Waals surface area (Å²) in [5, 5.41) is 5.25.